The average Bonchev–Trinajstić information content (AvgIpc) is 2.43. The van der Waals surface area contributed by atoms with Gasteiger partial charge in [0, 0.05) is 11.8 Å². The van der Waals surface area contributed by atoms with Crippen LogP contribution in [0.4, 0.5) is 14.5 Å². The highest BCUT2D eigenvalue weighted by molar-refractivity contribution is 5.46. The van der Waals surface area contributed by atoms with E-state index < -0.39 is 11.6 Å². The zero-order valence-electron chi connectivity index (χ0n) is 10.1. The summed E-state index contributed by atoms with van der Waals surface area (Å²) in [5.74, 6) is -1.80. The van der Waals surface area contributed by atoms with Crippen LogP contribution < -0.4 is 5.32 Å². The number of rotatable bonds is 4. The summed E-state index contributed by atoms with van der Waals surface area (Å²) >= 11 is 0. The quantitative estimate of drug-likeness (QED) is 0.898. The van der Waals surface area contributed by atoms with Crippen molar-refractivity contribution in [1.29, 1.82) is 5.26 Å². The number of halogens is 2. The van der Waals surface area contributed by atoms with Gasteiger partial charge in [-0.25, -0.2) is 8.78 Å². The van der Waals surface area contributed by atoms with Crippen molar-refractivity contribution in [2.45, 2.75) is 12.5 Å². The Morgan fingerprint density at radius 2 is 1.79 bits per heavy atom. The Hall–Kier alpha value is -2.41. The Morgan fingerprint density at radius 3 is 2.42 bits per heavy atom. The molecule has 0 fully saturated rings. The lowest BCUT2D eigenvalue weighted by Crippen LogP contribution is -2.10. The maximum absolute atomic E-state index is 13.1. The van der Waals surface area contributed by atoms with E-state index in [1.54, 1.807) is 0 Å². The van der Waals surface area contributed by atoms with E-state index in [0.29, 0.717) is 5.69 Å². The Balaban J connectivity index is 2.22. The molecule has 0 aromatic heterocycles. The maximum Gasteiger partial charge on any atom is 0.160 e. The number of anilines is 1. The summed E-state index contributed by atoms with van der Waals surface area (Å²) in [7, 11) is 0. The van der Waals surface area contributed by atoms with Gasteiger partial charge in [-0.2, -0.15) is 5.26 Å². The second kappa shape index (κ2) is 5.96. The van der Waals surface area contributed by atoms with Crippen LogP contribution >= 0.6 is 0 Å². The van der Waals surface area contributed by atoms with Gasteiger partial charge in [-0.05, 0) is 17.7 Å². The Kier molecular flexibility index (Phi) is 4.09. The Labute approximate surface area is 110 Å². The topological polar surface area (TPSA) is 35.8 Å². The van der Waals surface area contributed by atoms with E-state index in [1.165, 1.54) is 6.07 Å². The number of nitrogens with one attached hydrogen (secondary N) is 1. The third-order valence-electron chi connectivity index (χ3n) is 2.76. The fourth-order valence-corrected chi connectivity index (χ4v) is 1.82. The SMILES string of the molecule is N#CCC(Nc1ccc(F)c(F)c1)c1ccccc1. The first kappa shape index (κ1) is 13.0. The van der Waals surface area contributed by atoms with E-state index in [4.69, 9.17) is 5.26 Å². The van der Waals surface area contributed by atoms with Crippen molar-refractivity contribution in [1.82, 2.24) is 0 Å². The van der Waals surface area contributed by atoms with Crippen molar-refractivity contribution in [3.8, 4) is 6.07 Å². The number of nitriles is 1. The summed E-state index contributed by atoms with van der Waals surface area (Å²) in [5, 5.41) is 11.9. The highest BCUT2D eigenvalue weighted by Crippen LogP contribution is 2.23. The van der Waals surface area contributed by atoms with Gasteiger partial charge in [-0.15, -0.1) is 0 Å². The molecule has 2 nitrogen and oxygen atoms in total. The molecule has 1 N–H and O–H groups in total. The monoisotopic (exact) mass is 258 g/mol. The van der Waals surface area contributed by atoms with Gasteiger partial charge in [0.2, 0.25) is 0 Å². The van der Waals surface area contributed by atoms with E-state index in [0.717, 1.165) is 17.7 Å². The molecule has 0 saturated heterocycles. The number of nitrogens with zero attached hydrogens (tertiary/aromatic N) is 1. The molecular weight excluding hydrogens is 246 g/mol. The van der Waals surface area contributed by atoms with Crippen molar-refractivity contribution in [3.05, 3.63) is 65.7 Å². The van der Waals surface area contributed by atoms with Crippen LogP contribution in [0.1, 0.15) is 18.0 Å². The third-order valence-corrected chi connectivity index (χ3v) is 2.76. The molecule has 2 aromatic rings. The Bertz CT molecular complexity index is 591. The van der Waals surface area contributed by atoms with Gasteiger partial charge in [0.25, 0.3) is 0 Å². The van der Waals surface area contributed by atoms with Gasteiger partial charge < -0.3 is 5.32 Å². The van der Waals surface area contributed by atoms with Gasteiger partial charge in [-0.1, -0.05) is 30.3 Å². The summed E-state index contributed by atoms with van der Waals surface area (Å²) in [6.07, 6.45) is 0.239. The molecule has 0 aliphatic carbocycles. The minimum Gasteiger partial charge on any atom is -0.377 e. The second-order valence-corrected chi connectivity index (χ2v) is 4.10. The van der Waals surface area contributed by atoms with Gasteiger partial charge >= 0.3 is 0 Å². The summed E-state index contributed by atoms with van der Waals surface area (Å²) in [5.41, 5.74) is 1.37. The molecule has 96 valence electrons. The number of hydrogen-bond acceptors (Lipinski definition) is 2. The Morgan fingerprint density at radius 1 is 1.05 bits per heavy atom. The van der Waals surface area contributed by atoms with Crippen molar-refractivity contribution < 1.29 is 8.78 Å². The van der Waals surface area contributed by atoms with Gasteiger partial charge in [0.15, 0.2) is 11.6 Å². The lowest BCUT2D eigenvalue weighted by molar-refractivity contribution is 0.509. The minimum atomic E-state index is -0.909. The largest absolute Gasteiger partial charge is 0.377 e. The molecule has 0 saturated carbocycles. The molecular formula is C15H12F2N2. The highest BCUT2D eigenvalue weighted by atomic mass is 19.2. The first-order chi connectivity index (χ1) is 9.20. The summed E-state index contributed by atoms with van der Waals surface area (Å²) < 4.78 is 26.0. The lowest BCUT2D eigenvalue weighted by atomic mass is 10.0. The fourth-order valence-electron chi connectivity index (χ4n) is 1.82. The van der Waals surface area contributed by atoms with Crippen LogP contribution in [0.25, 0.3) is 0 Å². The molecule has 1 unspecified atom stereocenters. The van der Waals surface area contributed by atoms with Gasteiger partial charge in [0.05, 0.1) is 18.5 Å². The average molecular weight is 258 g/mol. The standard InChI is InChI=1S/C15H12F2N2/c16-13-7-6-12(10-14(13)17)19-15(8-9-18)11-4-2-1-3-5-11/h1-7,10,15,19H,8H2. The predicted octanol–water partition coefficient (Wildman–Crippen LogP) is 4.03. The zero-order valence-corrected chi connectivity index (χ0v) is 10.1. The lowest BCUT2D eigenvalue weighted by Gasteiger charge is -2.17. The summed E-state index contributed by atoms with van der Waals surface area (Å²) in [4.78, 5) is 0. The van der Waals surface area contributed by atoms with Crippen LogP contribution in [0, 0.1) is 23.0 Å². The summed E-state index contributed by atoms with van der Waals surface area (Å²) in [6, 6.07) is 14.8. The molecule has 1 atom stereocenters. The van der Waals surface area contributed by atoms with Crippen LogP contribution in [0.3, 0.4) is 0 Å². The van der Waals surface area contributed by atoms with Crippen molar-refractivity contribution >= 4 is 5.69 Å². The molecule has 0 radical (unpaired) electrons. The van der Waals surface area contributed by atoms with Crippen LogP contribution in [-0.2, 0) is 0 Å². The predicted molar refractivity (Wildman–Crippen MR) is 69.4 cm³/mol. The van der Waals surface area contributed by atoms with Gasteiger partial charge in [-0.3, -0.25) is 0 Å². The van der Waals surface area contributed by atoms with E-state index in [2.05, 4.69) is 11.4 Å². The molecule has 0 bridgehead atoms. The van der Waals surface area contributed by atoms with E-state index >= 15 is 0 Å². The van der Waals surface area contributed by atoms with Crippen molar-refractivity contribution in [3.63, 3.8) is 0 Å². The molecule has 2 rings (SSSR count). The maximum atomic E-state index is 13.1. The molecule has 0 spiro atoms. The molecule has 0 amide bonds. The normalized spacial score (nSPS) is 11.6. The van der Waals surface area contributed by atoms with Crippen LogP contribution in [0.5, 0.6) is 0 Å². The molecule has 0 heterocycles. The second-order valence-electron chi connectivity index (χ2n) is 4.10. The van der Waals surface area contributed by atoms with Gasteiger partial charge in [0.1, 0.15) is 0 Å². The highest BCUT2D eigenvalue weighted by Gasteiger charge is 2.11. The van der Waals surface area contributed by atoms with E-state index in [1.807, 2.05) is 30.3 Å². The zero-order chi connectivity index (χ0) is 13.7. The first-order valence-electron chi connectivity index (χ1n) is 5.84. The number of hydrogen-bond donors (Lipinski definition) is 1. The van der Waals surface area contributed by atoms with E-state index in [-0.39, 0.29) is 12.5 Å². The molecule has 0 aliphatic rings. The molecule has 2 aromatic carbocycles. The molecule has 19 heavy (non-hydrogen) atoms. The summed E-state index contributed by atoms with van der Waals surface area (Å²) in [6.45, 7) is 0. The van der Waals surface area contributed by atoms with Crippen molar-refractivity contribution in [2.24, 2.45) is 0 Å². The molecule has 0 aliphatic heterocycles. The smallest absolute Gasteiger partial charge is 0.160 e. The van der Waals surface area contributed by atoms with Crippen LogP contribution in [-0.4, -0.2) is 0 Å². The minimum absolute atomic E-state index is 0.239. The molecule has 4 heteroatoms. The fraction of sp³-hybridized carbons (Fsp3) is 0.133. The van der Waals surface area contributed by atoms with Crippen molar-refractivity contribution in [2.75, 3.05) is 5.32 Å². The van der Waals surface area contributed by atoms with E-state index in [9.17, 15) is 8.78 Å². The van der Waals surface area contributed by atoms with Crippen LogP contribution in [0.15, 0.2) is 48.5 Å². The first-order valence-corrected chi connectivity index (χ1v) is 5.84. The number of benzene rings is 2. The third kappa shape index (κ3) is 3.29. The van der Waals surface area contributed by atoms with Crippen LogP contribution in [0.2, 0.25) is 0 Å².